The van der Waals surface area contributed by atoms with Crippen molar-refractivity contribution in [3.05, 3.63) is 18.0 Å². The first-order valence-electron chi connectivity index (χ1n) is 8.26. The second-order valence-corrected chi connectivity index (χ2v) is 6.98. The molecule has 8 nitrogen and oxygen atoms in total. The third kappa shape index (κ3) is 7.09. The molecular formula is C16H29IN6O2. The zero-order valence-corrected chi connectivity index (χ0v) is 17.8. The molecule has 142 valence electrons. The van der Waals surface area contributed by atoms with Crippen molar-refractivity contribution in [2.75, 3.05) is 32.7 Å². The number of aromatic nitrogens is 2. The molecule has 25 heavy (non-hydrogen) atoms. The predicted octanol–water partition coefficient (Wildman–Crippen LogP) is 1.68. The Labute approximate surface area is 166 Å². The summed E-state index contributed by atoms with van der Waals surface area (Å²) in [5, 5.41) is 4.22. The number of amides is 1. The normalized spacial score (nSPS) is 15.8. The van der Waals surface area contributed by atoms with Gasteiger partial charge >= 0.3 is 6.09 Å². The zero-order valence-electron chi connectivity index (χ0n) is 15.4. The van der Waals surface area contributed by atoms with E-state index in [1.807, 2.05) is 49.7 Å². The minimum absolute atomic E-state index is 0. The summed E-state index contributed by atoms with van der Waals surface area (Å²) in [5.41, 5.74) is 6.71. The molecule has 0 unspecified atom stereocenters. The number of halogens is 1. The van der Waals surface area contributed by atoms with Crippen molar-refractivity contribution in [2.45, 2.75) is 39.8 Å². The zero-order chi connectivity index (χ0) is 17.7. The van der Waals surface area contributed by atoms with Crippen LogP contribution < -0.4 is 5.73 Å². The van der Waals surface area contributed by atoms with Crippen LogP contribution in [0.5, 0.6) is 0 Å². The Morgan fingerprint density at radius 2 is 1.88 bits per heavy atom. The first-order valence-corrected chi connectivity index (χ1v) is 8.26. The van der Waals surface area contributed by atoms with Gasteiger partial charge in [0.25, 0.3) is 0 Å². The molecule has 1 aliphatic heterocycles. The van der Waals surface area contributed by atoms with Crippen molar-refractivity contribution in [1.82, 2.24) is 19.6 Å². The maximum absolute atomic E-state index is 12.0. The Bertz CT molecular complexity index is 588. The van der Waals surface area contributed by atoms with Crippen LogP contribution in [0.1, 0.15) is 26.3 Å². The number of guanidine groups is 1. The van der Waals surface area contributed by atoms with E-state index in [4.69, 9.17) is 10.5 Å². The van der Waals surface area contributed by atoms with Gasteiger partial charge in [-0.25, -0.2) is 4.79 Å². The molecule has 0 aromatic carbocycles. The molecule has 2 rings (SSSR count). The van der Waals surface area contributed by atoms with Crippen molar-refractivity contribution in [3.63, 3.8) is 0 Å². The summed E-state index contributed by atoms with van der Waals surface area (Å²) in [6, 6.07) is 0. The fourth-order valence-electron chi connectivity index (χ4n) is 2.40. The molecule has 1 saturated heterocycles. The van der Waals surface area contributed by atoms with Crippen molar-refractivity contribution in [3.8, 4) is 0 Å². The highest BCUT2D eigenvalue weighted by Crippen LogP contribution is 2.11. The minimum Gasteiger partial charge on any atom is -0.444 e. The van der Waals surface area contributed by atoms with Gasteiger partial charge in [-0.1, -0.05) is 0 Å². The van der Waals surface area contributed by atoms with E-state index in [1.54, 1.807) is 4.90 Å². The molecule has 0 bridgehead atoms. The van der Waals surface area contributed by atoms with Crippen LogP contribution in [0, 0.1) is 6.92 Å². The van der Waals surface area contributed by atoms with E-state index in [1.165, 1.54) is 0 Å². The maximum atomic E-state index is 12.0. The number of carbonyl (C=O) groups excluding carboxylic acids is 1. The van der Waals surface area contributed by atoms with Gasteiger partial charge < -0.3 is 20.3 Å². The molecule has 0 radical (unpaired) electrons. The highest BCUT2D eigenvalue weighted by Gasteiger charge is 2.26. The lowest BCUT2D eigenvalue weighted by Gasteiger charge is -2.36. The summed E-state index contributed by atoms with van der Waals surface area (Å²) >= 11 is 0. The van der Waals surface area contributed by atoms with Gasteiger partial charge in [0.05, 0.1) is 19.3 Å². The van der Waals surface area contributed by atoms with E-state index in [0.29, 0.717) is 45.2 Å². The average Bonchev–Trinajstić information content (AvgIpc) is 2.91. The second-order valence-electron chi connectivity index (χ2n) is 6.98. The van der Waals surface area contributed by atoms with Gasteiger partial charge in [-0.2, -0.15) is 5.10 Å². The van der Waals surface area contributed by atoms with Gasteiger partial charge in [-0.3, -0.25) is 9.67 Å². The number of nitrogens with zero attached hydrogens (tertiary/aromatic N) is 5. The summed E-state index contributed by atoms with van der Waals surface area (Å²) < 4.78 is 7.24. The smallest absolute Gasteiger partial charge is 0.410 e. The Hall–Kier alpha value is -1.52. The molecule has 1 aromatic heterocycles. The lowest BCUT2D eigenvalue weighted by Crippen LogP contribution is -2.53. The highest BCUT2D eigenvalue weighted by atomic mass is 127. The summed E-state index contributed by atoms with van der Waals surface area (Å²) in [7, 11) is 0. The average molecular weight is 464 g/mol. The van der Waals surface area contributed by atoms with Gasteiger partial charge in [0, 0.05) is 32.4 Å². The number of carbonyl (C=O) groups is 1. The van der Waals surface area contributed by atoms with E-state index in [-0.39, 0.29) is 30.1 Å². The summed E-state index contributed by atoms with van der Waals surface area (Å²) in [4.78, 5) is 20.1. The molecule has 2 heterocycles. The lowest BCUT2D eigenvalue weighted by atomic mass is 10.2. The van der Waals surface area contributed by atoms with E-state index in [2.05, 4.69) is 10.1 Å². The number of rotatable bonds is 3. The van der Waals surface area contributed by atoms with Crippen LogP contribution in [0.2, 0.25) is 0 Å². The van der Waals surface area contributed by atoms with Crippen LogP contribution in [-0.2, 0) is 11.3 Å². The first-order chi connectivity index (χ1) is 11.2. The molecule has 0 saturated carbocycles. The van der Waals surface area contributed by atoms with Crippen molar-refractivity contribution < 1.29 is 9.53 Å². The number of hydrogen-bond donors (Lipinski definition) is 1. The van der Waals surface area contributed by atoms with E-state index < -0.39 is 5.60 Å². The van der Waals surface area contributed by atoms with Crippen LogP contribution >= 0.6 is 24.0 Å². The lowest BCUT2D eigenvalue weighted by molar-refractivity contribution is 0.0186. The van der Waals surface area contributed by atoms with Gasteiger partial charge in [0.2, 0.25) is 0 Å². The molecule has 1 aromatic rings. The standard InChI is InChI=1S/C16H28N6O2.HI/c1-13-11-19-22(12-13)6-5-18-14(17)20-7-9-21(10-8-20)15(23)24-16(2,3)4;/h11-12H,5-10H2,1-4H3,(H2,17,18);1H. The summed E-state index contributed by atoms with van der Waals surface area (Å²) in [5.74, 6) is 0.516. The van der Waals surface area contributed by atoms with Crippen LogP contribution in [0.4, 0.5) is 4.79 Å². The monoisotopic (exact) mass is 464 g/mol. The number of piperazine rings is 1. The molecule has 1 aliphatic rings. The topological polar surface area (TPSA) is 89.0 Å². The Morgan fingerprint density at radius 3 is 2.40 bits per heavy atom. The van der Waals surface area contributed by atoms with Crippen LogP contribution in [0.25, 0.3) is 0 Å². The molecule has 9 heteroatoms. The summed E-state index contributed by atoms with van der Waals surface area (Å²) in [6.45, 7) is 11.4. The van der Waals surface area contributed by atoms with Crippen molar-refractivity contribution >= 4 is 36.0 Å². The number of nitrogens with two attached hydrogens (primary N) is 1. The molecular weight excluding hydrogens is 435 g/mol. The molecule has 0 spiro atoms. The third-order valence-corrected chi connectivity index (χ3v) is 3.62. The molecule has 1 amide bonds. The number of ether oxygens (including phenoxy) is 1. The Kier molecular flexibility index (Phi) is 7.97. The molecule has 0 atom stereocenters. The second kappa shape index (κ2) is 9.25. The van der Waals surface area contributed by atoms with E-state index in [0.717, 1.165) is 5.56 Å². The Balaban J connectivity index is 0.00000312. The molecule has 1 fully saturated rings. The van der Waals surface area contributed by atoms with Gasteiger partial charge in [-0.05, 0) is 33.3 Å². The quantitative estimate of drug-likeness (QED) is 0.418. The number of hydrogen-bond acceptors (Lipinski definition) is 4. The maximum Gasteiger partial charge on any atom is 0.410 e. The van der Waals surface area contributed by atoms with E-state index >= 15 is 0 Å². The van der Waals surface area contributed by atoms with Gasteiger partial charge in [0.1, 0.15) is 5.60 Å². The highest BCUT2D eigenvalue weighted by molar-refractivity contribution is 14.0. The van der Waals surface area contributed by atoms with Crippen LogP contribution in [0.3, 0.4) is 0 Å². The summed E-state index contributed by atoms with van der Waals surface area (Å²) in [6.07, 6.45) is 3.53. The third-order valence-electron chi connectivity index (χ3n) is 3.62. The number of aryl methyl sites for hydroxylation is 1. The fraction of sp³-hybridized carbons (Fsp3) is 0.688. The minimum atomic E-state index is -0.473. The van der Waals surface area contributed by atoms with Crippen LogP contribution in [0.15, 0.2) is 17.4 Å². The van der Waals surface area contributed by atoms with Crippen LogP contribution in [-0.4, -0.2) is 70.0 Å². The largest absolute Gasteiger partial charge is 0.444 e. The predicted molar refractivity (Wildman–Crippen MR) is 108 cm³/mol. The Morgan fingerprint density at radius 1 is 1.28 bits per heavy atom. The van der Waals surface area contributed by atoms with E-state index in [9.17, 15) is 4.79 Å². The number of aliphatic imine (C=N–C) groups is 1. The molecule has 0 aliphatic carbocycles. The SMILES string of the molecule is Cc1cnn(CCN=C(N)N2CCN(C(=O)OC(C)(C)C)CC2)c1.I. The van der Waals surface area contributed by atoms with Gasteiger partial charge in [0.15, 0.2) is 5.96 Å². The fourth-order valence-corrected chi connectivity index (χ4v) is 2.40. The first kappa shape index (κ1) is 21.5. The van der Waals surface area contributed by atoms with Gasteiger partial charge in [-0.15, -0.1) is 24.0 Å². The van der Waals surface area contributed by atoms with Crippen molar-refractivity contribution in [2.24, 2.45) is 10.7 Å². The molecule has 2 N–H and O–H groups in total. The van der Waals surface area contributed by atoms with Crippen molar-refractivity contribution in [1.29, 1.82) is 0 Å².